The zero-order valence-electron chi connectivity index (χ0n) is 8.32. The van der Waals surface area contributed by atoms with E-state index < -0.39 is 0 Å². The lowest BCUT2D eigenvalue weighted by Crippen LogP contribution is -2.12. The van der Waals surface area contributed by atoms with Crippen molar-refractivity contribution < 1.29 is 0 Å². The Bertz CT molecular complexity index is 469. The highest BCUT2D eigenvalue weighted by atomic mass is 79.9. The lowest BCUT2D eigenvalue weighted by molar-refractivity contribution is 0.570. The molecule has 2 rings (SSSR count). The Morgan fingerprint density at radius 2 is 2.07 bits per heavy atom. The summed E-state index contributed by atoms with van der Waals surface area (Å²) in [6.45, 7) is 6.29. The number of hydrogen-bond acceptors (Lipinski definition) is 3. The molecule has 0 atom stereocenters. The van der Waals surface area contributed by atoms with Crippen LogP contribution in [0.3, 0.4) is 0 Å². The third-order valence-corrected chi connectivity index (χ3v) is 2.35. The molecule has 2 aromatic rings. The van der Waals surface area contributed by atoms with Crippen molar-refractivity contribution in [2.45, 2.75) is 26.2 Å². The summed E-state index contributed by atoms with van der Waals surface area (Å²) in [5.41, 5.74) is 1.72. The van der Waals surface area contributed by atoms with Crippen LogP contribution in [0.4, 0.5) is 0 Å². The summed E-state index contributed by atoms with van der Waals surface area (Å²) >= 11 is 3.34. The van der Waals surface area contributed by atoms with E-state index in [1.54, 1.807) is 10.7 Å². The van der Waals surface area contributed by atoms with Crippen molar-refractivity contribution in [1.29, 1.82) is 0 Å². The van der Waals surface area contributed by atoms with Gasteiger partial charge in [0, 0.05) is 17.8 Å². The first-order valence-electron chi connectivity index (χ1n) is 4.35. The molecule has 14 heavy (non-hydrogen) atoms. The van der Waals surface area contributed by atoms with Crippen LogP contribution in [-0.2, 0) is 5.41 Å². The predicted molar refractivity (Wildman–Crippen MR) is 57.2 cm³/mol. The van der Waals surface area contributed by atoms with Crippen molar-refractivity contribution in [3.05, 3.63) is 22.6 Å². The molecule has 0 aliphatic heterocycles. The van der Waals surface area contributed by atoms with Crippen LogP contribution in [0.25, 0.3) is 5.65 Å². The first-order valence-corrected chi connectivity index (χ1v) is 5.15. The molecule has 74 valence electrons. The number of nitrogens with zero attached hydrogens (tertiary/aromatic N) is 4. The van der Waals surface area contributed by atoms with Gasteiger partial charge in [0.15, 0.2) is 5.65 Å². The van der Waals surface area contributed by atoms with E-state index in [1.807, 2.05) is 6.20 Å². The Labute approximate surface area is 90.5 Å². The third-order valence-electron chi connectivity index (χ3n) is 1.94. The van der Waals surface area contributed by atoms with Crippen LogP contribution < -0.4 is 0 Å². The van der Waals surface area contributed by atoms with E-state index in [9.17, 15) is 0 Å². The van der Waals surface area contributed by atoms with Crippen molar-refractivity contribution in [2.75, 3.05) is 0 Å². The van der Waals surface area contributed by atoms with Gasteiger partial charge in [0.05, 0.1) is 4.47 Å². The summed E-state index contributed by atoms with van der Waals surface area (Å²) in [6.07, 6.45) is 3.61. The highest BCUT2D eigenvalue weighted by Crippen LogP contribution is 2.23. The summed E-state index contributed by atoms with van der Waals surface area (Å²) in [4.78, 5) is 4.30. The van der Waals surface area contributed by atoms with Gasteiger partial charge in [0.2, 0.25) is 0 Å². The minimum atomic E-state index is -0.0252. The van der Waals surface area contributed by atoms with Gasteiger partial charge in [-0.25, -0.2) is 9.50 Å². The fourth-order valence-corrected chi connectivity index (χ4v) is 1.55. The molecule has 2 heterocycles. The third kappa shape index (κ3) is 1.52. The fourth-order valence-electron chi connectivity index (χ4n) is 1.25. The van der Waals surface area contributed by atoms with E-state index >= 15 is 0 Å². The maximum atomic E-state index is 4.30. The van der Waals surface area contributed by atoms with Crippen LogP contribution in [0, 0.1) is 0 Å². The van der Waals surface area contributed by atoms with Crippen molar-refractivity contribution in [3.63, 3.8) is 0 Å². The smallest absolute Gasteiger partial charge is 0.179 e. The van der Waals surface area contributed by atoms with Gasteiger partial charge in [-0.2, -0.15) is 0 Å². The minimum Gasteiger partial charge on any atom is -0.234 e. The second-order valence-corrected chi connectivity index (χ2v) is 5.14. The Kier molecular flexibility index (Phi) is 2.06. The molecule has 0 radical (unpaired) electrons. The van der Waals surface area contributed by atoms with E-state index in [1.165, 1.54) is 0 Å². The second-order valence-electron chi connectivity index (χ2n) is 4.23. The van der Waals surface area contributed by atoms with Gasteiger partial charge in [0.25, 0.3) is 0 Å². The molecular weight excluding hydrogens is 244 g/mol. The molecule has 0 spiro atoms. The molecule has 0 amide bonds. The second kappa shape index (κ2) is 3.02. The molecule has 5 heteroatoms. The van der Waals surface area contributed by atoms with Crippen molar-refractivity contribution >= 4 is 21.6 Å². The van der Waals surface area contributed by atoms with Gasteiger partial charge in [0.1, 0.15) is 5.69 Å². The summed E-state index contributed by atoms with van der Waals surface area (Å²) in [5, 5.41) is 8.16. The molecule has 0 unspecified atom stereocenters. The molecular formula is C9H11BrN4. The van der Waals surface area contributed by atoms with E-state index in [4.69, 9.17) is 0 Å². The van der Waals surface area contributed by atoms with Gasteiger partial charge >= 0.3 is 0 Å². The minimum absolute atomic E-state index is 0.0252. The van der Waals surface area contributed by atoms with Crippen LogP contribution in [-0.4, -0.2) is 19.8 Å². The fraction of sp³-hybridized carbons (Fsp3) is 0.444. The van der Waals surface area contributed by atoms with Crippen LogP contribution in [0.5, 0.6) is 0 Å². The first kappa shape index (κ1) is 9.58. The Morgan fingerprint density at radius 3 is 2.71 bits per heavy atom. The molecule has 0 N–H and O–H groups in total. The molecule has 0 aliphatic carbocycles. The van der Waals surface area contributed by atoms with Crippen molar-refractivity contribution in [1.82, 2.24) is 19.8 Å². The van der Waals surface area contributed by atoms with Crippen molar-refractivity contribution in [2.24, 2.45) is 0 Å². The molecule has 0 saturated heterocycles. The molecule has 0 bridgehead atoms. The zero-order valence-corrected chi connectivity index (χ0v) is 9.91. The lowest BCUT2D eigenvalue weighted by atomic mass is 9.92. The highest BCUT2D eigenvalue weighted by Gasteiger charge is 2.21. The standard InChI is InChI=1S/C9H11BrN4/c1-9(2,3)7-8-11-4-6(10)5-14(8)13-12-7/h4-5H,1-3H3. The number of rotatable bonds is 0. The molecule has 0 aliphatic rings. The topological polar surface area (TPSA) is 43.1 Å². The maximum Gasteiger partial charge on any atom is 0.179 e. The molecule has 0 fully saturated rings. The average Bonchev–Trinajstić information content (AvgIpc) is 2.45. The first-order chi connectivity index (χ1) is 6.48. The predicted octanol–water partition coefficient (Wildman–Crippen LogP) is 2.18. The quantitative estimate of drug-likeness (QED) is 0.724. The zero-order chi connectivity index (χ0) is 10.3. The lowest BCUT2D eigenvalue weighted by Gasteiger charge is -2.13. The van der Waals surface area contributed by atoms with E-state index in [2.05, 4.69) is 52.0 Å². The Balaban J connectivity index is 2.70. The molecule has 4 nitrogen and oxygen atoms in total. The Morgan fingerprint density at radius 1 is 1.36 bits per heavy atom. The largest absolute Gasteiger partial charge is 0.234 e. The van der Waals surface area contributed by atoms with E-state index in [0.717, 1.165) is 15.8 Å². The van der Waals surface area contributed by atoms with Crippen LogP contribution in [0.1, 0.15) is 26.5 Å². The van der Waals surface area contributed by atoms with Crippen LogP contribution in [0.15, 0.2) is 16.9 Å². The highest BCUT2D eigenvalue weighted by molar-refractivity contribution is 9.10. The van der Waals surface area contributed by atoms with Gasteiger partial charge in [-0.05, 0) is 15.9 Å². The van der Waals surface area contributed by atoms with Crippen LogP contribution in [0.2, 0.25) is 0 Å². The number of aromatic nitrogens is 4. The average molecular weight is 255 g/mol. The van der Waals surface area contributed by atoms with E-state index in [-0.39, 0.29) is 5.41 Å². The van der Waals surface area contributed by atoms with Gasteiger partial charge < -0.3 is 0 Å². The van der Waals surface area contributed by atoms with E-state index in [0.29, 0.717) is 0 Å². The summed E-state index contributed by atoms with van der Waals surface area (Å²) in [5.74, 6) is 0. The Hall–Kier alpha value is -0.970. The van der Waals surface area contributed by atoms with Gasteiger partial charge in [-0.1, -0.05) is 26.0 Å². The number of fused-ring (bicyclic) bond motifs is 1. The van der Waals surface area contributed by atoms with Crippen molar-refractivity contribution in [3.8, 4) is 0 Å². The SMILES string of the molecule is CC(C)(C)c1nnn2cc(Br)cnc12. The molecule has 0 aromatic carbocycles. The number of halogens is 1. The van der Waals surface area contributed by atoms with Crippen LogP contribution >= 0.6 is 15.9 Å². The van der Waals surface area contributed by atoms with Gasteiger partial charge in [-0.3, -0.25) is 0 Å². The molecule has 0 saturated carbocycles. The number of hydrogen-bond donors (Lipinski definition) is 0. The normalized spacial score (nSPS) is 12.3. The monoisotopic (exact) mass is 254 g/mol. The summed E-state index contributed by atoms with van der Waals surface area (Å²) in [6, 6.07) is 0. The van der Waals surface area contributed by atoms with Gasteiger partial charge in [-0.15, -0.1) is 5.10 Å². The molecule has 2 aromatic heterocycles. The maximum absolute atomic E-state index is 4.30. The summed E-state index contributed by atoms with van der Waals surface area (Å²) < 4.78 is 2.58. The summed E-state index contributed by atoms with van der Waals surface area (Å²) in [7, 11) is 0.